The maximum atomic E-state index is 11.8. The number of aromatic hydroxyl groups is 1. The summed E-state index contributed by atoms with van der Waals surface area (Å²) in [5, 5.41) is 17.8. The SMILES string of the molecule is COC(=O)[C@H]1C[C@H](Nc2nc(-c3cc(C)ccc3O)nc3ccccc23)CN1. The molecule has 2 atom stereocenters. The number of carbonyl (C=O) groups is 1. The van der Waals surface area contributed by atoms with Gasteiger partial charge in [0, 0.05) is 18.0 Å². The normalized spacial score (nSPS) is 18.9. The monoisotopic (exact) mass is 378 g/mol. The van der Waals surface area contributed by atoms with E-state index in [2.05, 4.69) is 15.6 Å². The Morgan fingerprint density at radius 3 is 2.89 bits per heavy atom. The summed E-state index contributed by atoms with van der Waals surface area (Å²) in [5.74, 6) is 1.01. The van der Waals surface area contributed by atoms with Crippen molar-refractivity contribution < 1.29 is 14.6 Å². The van der Waals surface area contributed by atoms with E-state index < -0.39 is 0 Å². The average Bonchev–Trinajstić information content (AvgIpc) is 3.17. The summed E-state index contributed by atoms with van der Waals surface area (Å²) in [6, 6.07) is 12.8. The second kappa shape index (κ2) is 7.44. The molecule has 0 amide bonds. The number of nitrogens with zero attached hydrogens (tertiary/aromatic N) is 2. The molecule has 7 nitrogen and oxygen atoms in total. The predicted molar refractivity (Wildman–Crippen MR) is 107 cm³/mol. The number of anilines is 1. The molecule has 0 spiro atoms. The van der Waals surface area contributed by atoms with Gasteiger partial charge in [-0.3, -0.25) is 4.79 Å². The third-order valence-electron chi connectivity index (χ3n) is 4.95. The van der Waals surface area contributed by atoms with E-state index in [0.717, 1.165) is 16.5 Å². The number of aryl methyl sites for hydroxylation is 1. The van der Waals surface area contributed by atoms with Crippen LogP contribution in [0.1, 0.15) is 12.0 Å². The van der Waals surface area contributed by atoms with Crippen molar-refractivity contribution in [3.63, 3.8) is 0 Å². The first-order chi connectivity index (χ1) is 13.5. The van der Waals surface area contributed by atoms with Gasteiger partial charge in [0.25, 0.3) is 0 Å². The van der Waals surface area contributed by atoms with Crippen molar-refractivity contribution in [1.29, 1.82) is 0 Å². The van der Waals surface area contributed by atoms with Gasteiger partial charge >= 0.3 is 5.97 Å². The first-order valence-corrected chi connectivity index (χ1v) is 9.19. The molecule has 1 aliphatic heterocycles. The van der Waals surface area contributed by atoms with Crippen LogP contribution in [0.2, 0.25) is 0 Å². The van der Waals surface area contributed by atoms with E-state index in [-0.39, 0.29) is 23.8 Å². The number of ether oxygens (including phenoxy) is 1. The molecular formula is C21H22N4O3. The number of hydrogen-bond donors (Lipinski definition) is 3. The van der Waals surface area contributed by atoms with Crippen molar-refractivity contribution in [2.75, 3.05) is 19.0 Å². The number of nitrogens with one attached hydrogen (secondary N) is 2. The van der Waals surface area contributed by atoms with Crippen LogP contribution < -0.4 is 10.6 Å². The molecule has 3 N–H and O–H groups in total. The lowest BCUT2D eigenvalue weighted by Crippen LogP contribution is -2.31. The van der Waals surface area contributed by atoms with Crippen LogP contribution in [0.3, 0.4) is 0 Å². The molecular weight excluding hydrogens is 356 g/mol. The highest BCUT2D eigenvalue weighted by Gasteiger charge is 2.30. The smallest absolute Gasteiger partial charge is 0.322 e. The number of esters is 1. The van der Waals surface area contributed by atoms with Crippen LogP contribution in [0.15, 0.2) is 42.5 Å². The maximum absolute atomic E-state index is 11.8. The van der Waals surface area contributed by atoms with Gasteiger partial charge in [-0.15, -0.1) is 0 Å². The Hall–Kier alpha value is -3.19. The first kappa shape index (κ1) is 18.2. The fourth-order valence-electron chi connectivity index (χ4n) is 3.50. The van der Waals surface area contributed by atoms with E-state index in [9.17, 15) is 9.90 Å². The molecule has 144 valence electrons. The highest BCUT2D eigenvalue weighted by Crippen LogP contribution is 2.31. The van der Waals surface area contributed by atoms with Crippen LogP contribution in [0.5, 0.6) is 5.75 Å². The number of aromatic nitrogens is 2. The zero-order valence-corrected chi connectivity index (χ0v) is 15.8. The molecule has 0 radical (unpaired) electrons. The number of benzene rings is 2. The number of methoxy groups -OCH3 is 1. The van der Waals surface area contributed by atoms with E-state index in [1.807, 2.05) is 43.3 Å². The molecule has 2 heterocycles. The van der Waals surface area contributed by atoms with Gasteiger partial charge in [0.1, 0.15) is 17.6 Å². The molecule has 0 saturated carbocycles. The fraction of sp³-hybridized carbons (Fsp3) is 0.286. The lowest BCUT2D eigenvalue weighted by atomic mass is 10.1. The zero-order valence-electron chi connectivity index (χ0n) is 15.8. The van der Waals surface area contributed by atoms with Crippen molar-refractivity contribution >= 4 is 22.7 Å². The van der Waals surface area contributed by atoms with Crippen molar-refractivity contribution in [3.05, 3.63) is 48.0 Å². The number of rotatable bonds is 4. The number of phenols is 1. The molecule has 2 aromatic carbocycles. The van der Waals surface area contributed by atoms with Crippen molar-refractivity contribution in [1.82, 2.24) is 15.3 Å². The molecule has 1 aliphatic rings. The lowest BCUT2D eigenvalue weighted by molar-refractivity contribution is -0.142. The topological polar surface area (TPSA) is 96.4 Å². The summed E-state index contributed by atoms with van der Waals surface area (Å²) in [6.45, 7) is 2.59. The number of carbonyl (C=O) groups excluding carboxylic acids is 1. The van der Waals surface area contributed by atoms with Gasteiger partial charge in [0.05, 0.1) is 18.2 Å². The highest BCUT2D eigenvalue weighted by atomic mass is 16.5. The third kappa shape index (κ3) is 3.48. The molecule has 0 unspecified atom stereocenters. The number of phenolic OH excluding ortho intramolecular Hbond substituents is 1. The van der Waals surface area contributed by atoms with Crippen LogP contribution in [-0.4, -0.2) is 46.8 Å². The maximum Gasteiger partial charge on any atom is 0.322 e. The van der Waals surface area contributed by atoms with E-state index in [0.29, 0.717) is 30.2 Å². The quantitative estimate of drug-likeness (QED) is 0.601. The molecule has 28 heavy (non-hydrogen) atoms. The van der Waals surface area contributed by atoms with Gasteiger partial charge in [0.2, 0.25) is 0 Å². The largest absolute Gasteiger partial charge is 0.507 e. The van der Waals surface area contributed by atoms with Gasteiger partial charge < -0.3 is 20.5 Å². The molecule has 3 aromatic rings. The van der Waals surface area contributed by atoms with E-state index >= 15 is 0 Å². The Balaban J connectivity index is 1.71. The minimum Gasteiger partial charge on any atom is -0.507 e. The summed E-state index contributed by atoms with van der Waals surface area (Å²) in [6.07, 6.45) is 0.607. The van der Waals surface area contributed by atoms with Gasteiger partial charge in [-0.25, -0.2) is 9.97 Å². The zero-order chi connectivity index (χ0) is 19.7. The molecule has 7 heteroatoms. The minimum absolute atomic E-state index is 0.0290. The minimum atomic E-state index is -0.323. The Kier molecular flexibility index (Phi) is 4.83. The lowest BCUT2D eigenvalue weighted by Gasteiger charge is -2.16. The summed E-state index contributed by atoms with van der Waals surface area (Å²) in [7, 11) is 1.39. The molecule has 1 saturated heterocycles. The van der Waals surface area contributed by atoms with Crippen molar-refractivity contribution in [2.24, 2.45) is 0 Å². The Morgan fingerprint density at radius 2 is 2.07 bits per heavy atom. The number of hydrogen-bond acceptors (Lipinski definition) is 7. The Bertz CT molecular complexity index is 1040. The van der Waals surface area contributed by atoms with Crippen molar-refractivity contribution in [3.8, 4) is 17.1 Å². The Morgan fingerprint density at radius 1 is 1.25 bits per heavy atom. The second-order valence-corrected chi connectivity index (χ2v) is 6.99. The van der Waals surface area contributed by atoms with Crippen LogP contribution >= 0.6 is 0 Å². The summed E-state index contributed by atoms with van der Waals surface area (Å²) < 4.78 is 4.82. The third-order valence-corrected chi connectivity index (χ3v) is 4.95. The van der Waals surface area contributed by atoms with Gasteiger partial charge in [-0.1, -0.05) is 23.8 Å². The van der Waals surface area contributed by atoms with E-state index in [1.165, 1.54) is 7.11 Å². The highest BCUT2D eigenvalue weighted by molar-refractivity contribution is 5.91. The van der Waals surface area contributed by atoms with E-state index in [1.54, 1.807) is 6.07 Å². The van der Waals surface area contributed by atoms with Gasteiger partial charge in [-0.2, -0.15) is 0 Å². The molecule has 4 rings (SSSR count). The Labute approximate surface area is 162 Å². The standard InChI is InChI=1S/C21H22N4O3/c1-12-7-8-18(26)15(9-12)20-24-16-6-4-3-5-14(16)19(25-20)23-13-10-17(22-11-13)21(27)28-2/h3-9,13,17,22,26H,10-11H2,1-2H3,(H,23,24,25)/t13-,17+/m0/s1. The van der Waals surface area contributed by atoms with Crippen LogP contribution in [0, 0.1) is 6.92 Å². The molecule has 1 aromatic heterocycles. The van der Waals surface area contributed by atoms with Crippen LogP contribution in [0.4, 0.5) is 5.82 Å². The molecule has 0 bridgehead atoms. The summed E-state index contributed by atoms with van der Waals surface area (Å²) in [5.41, 5.74) is 2.39. The summed E-state index contributed by atoms with van der Waals surface area (Å²) >= 11 is 0. The molecule has 1 fully saturated rings. The fourth-order valence-corrected chi connectivity index (χ4v) is 3.50. The van der Waals surface area contributed by atoms with E-state index in [4.69, 9.17) is 9.72 Å². The van der Waals surface area contributed by atoms with Crippen molar-refractivity contribution in [2.45, 2.75) is 25.4 Å². The number of fused-ring (bicyclic) bond motifs is 1. The number of para-hydroxylation sites is 1. The second-order valence-electron chi connectivity index (χ2n) is 6.99. The average molecular weight is 378 g/mol. The van der Waals surface area contributed by atoms with Gasteiger partial charge in [-0.05, 0) is 37.6 Å². The summed E-state index contributed by atoms with van der Waals surface area (Å²) in [4.78, 5) is 21.1. The molecule has 0 aliphatic carbocycles. The van der Waals surface area contributed by atoms with Crippen LogP contribution in [-0.2, 0) is 9.53 Å². The van der Waals surface area contributed by atoms with Crippen LogP contribution in [0.25, 0.3) is 22.3 Å². The predicted octanol–water partition coefficient (Wildman–Crippen LogP) is 2.63. The van der Waals surface area contributed by atoms with Gasteiger partial charge in [0.15, 0.2) is 5.82 Å². The first-order valence-electron chi connectivity index (χ1n) is 9.19.